The smallest absolute Gasteiger partial charge is 0.224 e. The van der Waals surface area contributed by atoms with Gasteiger partial charge in [-0.15, -0.1) is 0 Å². The minimum Gasteiger partial charge on any atom is -0.506 e. The van der Waals surface area contributed by atoms with Gasteiger partial charge in [-0.2, -0.15) is 0 Å². The Morgan fingerprint density at radius 3 is 2.48 bits per heavy atom. The van der Waals surface area contributed by atoms with Crippen LogP contribution in [0.5, 0.6) is 5.75 Å². The summed E-state index contributed by atoms with van der Waals surface area (Å²) in [5.41, 5.74) is 1.47. The van der Waals surface area contributed by atoms with Gasteiger partial charge >= 0.3 is 0 Å². The van der Waals surface area contributed by atoms with Crippen molar-refractivity contribution in [3.8, 4) is 5.75 Å². The van der Waals surface area contributed by atoms with Crippen LogP contribution in [0.25, 0.3) is 0 Å². The lowest BCUT2D eigenvalue weighted by Gasteiger charge is -2.24. The fourth-order valence-corrected chi connectivity index (χ4v) is 2.83. The van der Waals surface area contributed by atoms with Crippen LogP contribution in [0.3, 0.4) is 0 Å². The molecule has 0 spiro atoms. The molecule has 142 valence electrons. The minimum atomic E-state index is -0.513. The Hall–Kier alpha value is -2.41. The van der Waals surface area contributed by atoms with Crippen molar-refractivity contribution in [3.05, 3.63) is 58.6 Å². The number of hydrogen-bond donors (Lipinski definition) is 2. The molecule has 2 N–H and O–H groups in total. The molecule has 0 aromatic heterocycles. The summed E-state index contributed by atoms with van der Waals surface area (Å²) in [7, 11) is 0. The fraction of sp³-hybridized carbons (Fsp3) is 0.300. The average Bonchev–Trinajstić information content (AvgIpc) is 2.69. The number of nitrogens with one attached hydrogen (secondary N) is 1. The van der Waals surface area contributed by atoms with Crippen molar-refractivity contribution < 1.29 is 24.2 Å². The number of rotatable bonds is 6. The Balaban J connectivity index is 1.58. The van der Waals surface area contributed by atoms with Crippen LogP contribution < -0.4 is 5.32 Å². The number of phenols is 1. The molecule has 1 fully saturated rings. The van der Waals surface area contributed by atoms with E-state index in [1.54, 1.807) is 36.4 Å². The van der Waals surface area contributed by atoms with E-state index in [1.165, 1.54) is 6.07 Å². The van der Waals surface area contributed by atoms with Gasteiger partial charge in [-0.05, 0) is 42.8 Å². The number of hydrogen-bond acceptors (Lipinski definition) is 5. The van der Waals surface area contributed by atoms with E-state index in [4.69, 9.17) is 21.1 Å². The Morgan fingerprint density at radius 1 is 1.07 bits per heavy atom. The predicted molar refractivity (Wildman–Crippen MR) is 101 cm³/mol. The third-order valence-corrected chi connectivity index (χ3v) is 4.39. The molecule has 27 heavy (non-hydrogen) atoms. The van der Waals surface area contributed by atoms with E-state index in [0.29, 0.717) is 29.4 Å². The van der Waals surface area contributed by atoms with Gasteiger partial charge in [0.1, 0.15) is 5.75 Å². The Bertz CT molecular complexity index is 816. The number of halogens is 1. The van der Waals surface area contributed by atoms with Crippen molar-refractivity contribution in [3.63, 3.8) is 0 Å². The molecule has 0 atom stereocenters. The van der Waals surface area contributed by atoms with Crippen molar-refractivity contribution >= 4 is 29.0 Å². The second kappa shape index (κ2) is 8.99. The van der Waals surface area contributed by atoms with Gasteiger partial charge in [0.25, 0.3) is 0 Å². The molecule has 2 aromatic carbocycles. The molecule has 1 aliphatic rings. The first-order chi connectivity index (χ1) is 13.0. The van der Waals surface area contributed by atoms with E-state index >= 15 is 0 Å². The van der Waals surface area contributed by atoms with Crippen LogP contribution in [0.1, 0.15) is 41.5 Å². The van der Waals surface area contributed by atoms with Gasteiger partial charge in [-0.1, -0.05) is 17.7 Å². The third kappa shape index (κ3) is 5.29. The molecule has 0 bridgehead atoms. The van der Waals surface area contributed by atoms with Crippen LogP contribution in [-0.2, 0) is 14.3 Å². The van der Waals surface area contributed by atoms with E-state index in [-0.39, 0.29) is 36.0 Å². The molecule has 3 rings (SSSR count). The SMILES string of the molecule is O=C(CCC(=O)c1ccc(Cl)cc1)Nc1cc(C2OCCCO2)ccc1O. The van der Waals surface area contributed by atoms with Gasteiger partial charge in [-0.3, -0.25) is 9.59 Å². The van der Waals surface area contributed by atoms with Gasteiger partial charge in [0.2, 0.25) is 5.91 Å². The monoisotopic (exact) mass is 389 g/mol. The van der Waals surface area contributed by atoms with Crippen LogP contribution in [0.15, 0.2) is 42.5 Å². The van der Waals surface area contributed by atoms with Gasteiger partial charge in [0.15, 0.2) is 12.1 Å². The number of carbonyl (C=O) groups is 2. The average molecular weight is 390 g/mol. The summed E-state index contributed by atoms with van der Waals surface area (Å²) >= 11 is 5.80. The third-order valence-electron chi connectivity index (χ3n) is 4.14. The predicted octanol–water partition coefficient (Wildman–Crippen LogP) is 4.08. The molecule has 0 unspecified atom stereocenters. The molecule has 1 aliphatic heterocycles. The second-order valence-corrected chi connectivity index (χ2v) is 6.62. The first-order valence-electron chi connectivity index (χ1n) is 8.67. The quantitative estimate of drug-likeness (QED) is 0.574. The van der Waals surface area contributed by atoms with Crippen LogP contribution in [0.2, 0.25) is 5.02 Å². The molecule has 2 aromatic rings. The largest absolute Gasteiger partial charge is 0.506 e. The lowest BCUT2D eigenvalue weighted by Crippen LogP contribution is -2.18. The number of aromatic hydroxyl groups is 1. The lowest BCUT2D eigenvalue weighted by molar-refractivity contribution is -0.183. The normalized spacial score (nSPS) is 14.7. The number of carbonyl (C=O) groups excluding carboxylic acids is 2. The standard InChI is InChI=1S/C20H20ClNO5/c21-15-5-2-13(3-6-15)17(23)8-9-19(25)22-16-12-14(4-7-18(16)24)20-26-10-1-11-27-20/h2-7,12,20,24H,1,8-11H2,(H,22,25). The molecule has 7 heteroatoms. The number of benzene rings is 2. The molecule has 1 amide bonds. The summed E-state index contributed by atoms with van der Waals surface area (Å²) < 4.78 is 11.1. The first kappa shape index (κ1) is 19.4. The fourth-order valence-electron chi connectivity index (χ4n) is 2.70. The molecule has 6 nitrogen and oxygen atoms in total. The second-order valence-electron chi connectivity index (χ2n) is 6.18. The zero-order valence-electron chi connectivity index (χ0n) is 14.6. The summed E-state index contributed by atoms with van der Waals surface area (Å²) in [6.45, 7) is 1.19. The van der Waals surface area contributed by atoms with Crippen LogP contribution in [0, 0.1) is 0 Å². The molecule has 0 radical (unpaired) electrons. The molecule has 0 aliphatic carbocycles. The molecule has 1 heterocycles. The van der Waals surface area contributed by atoms with Gasteiger partial charge in [-0.25, -0.2) is 0 Å². The molecule has 0 saturated carbocycles. The topological polar surface area (TPSA) is 84.9 Å². The molecular formula is C20H20ClNO5. The maximum Gasteiger partial charge on any atom is 0.224 e. The van der Waals surface area contributed by atoms with E-state index < -0.39 is 6.29 Å². The number of anilines is 1. The highest BCUT2D eigenvalue weighted by atomic mass is 35.5. The zero-order valence-corrected chi connectivity index (χ0v) is 15.4. The van der Waals surface area contributed by atoms with Crippen LogP contribution in [-0.4, -0.2) is 30.0 Å². The summed E-state index contributed by atoms with van der Waals surface area (Å²) in [4.78, 5) is 24.3. The first-order valence-corrected chi connectivity index (χ1v) is 9.05. The number of ether oxygens (including phenoxy) is 2. The molecule has 1 saturated heterocycles. The Kier molecular flexibility index (Phi) is 6.45. The minimum absolute atomic E-state index is 0.00154. The number of phenolic OH excluding ortho intramolecular Hbond substituents is 1. The van der Waals surface area contributed by atoms with Gasteiger partial charge in [0.05, 0.1) is 18.9 Å². The van der Waals surface area contributed by atoms with E-state index in [1.807, 2.05) is 0 Å². The summed E-state index contributed by atoms with van der Waals surface area (Å²) in [6, 6.07) is 11.3. The number of amides is 1. The summed E-state index contributed by atoms with van der Waals surface area (Å²) in [5.74, 6) is -0.578. The maximum absolute atomic E-state index is 12.2. The molecular weight excluding hydrogens is 370 g/mol. The number of ketones is 1. The zero-order chi connectivity index (χ0) is 19.2. The Morgan fingerprint density at radius 2 is 1.78 bits per heavy atom. The van der Waals surface area contributed by atoms with Gasteiger partial charge < -0.3 is 19.9 Å². The highest BCUT2D eigenvalue weighted by Crippen LogP contribution is 2.30. The van der Waals surface area contributed by atoms with Crippen molar-refractivity contribution in [2.75, 3.05) is 18.5 Å². The Labute approximate surface area is 162 Å². The van der Waals surface area contributed by atoms with Crippen molar-refractivity contribution in [1.29, 1.82) is 0 Å². The highest BCUT2D eigenvalue weighted by molar-refractivity contribution is 6.30. The van der Waals surface area contributed by atoms with E-state index in [2.05, 4.69) is 5.32 Å². The maximum atomic E-state index is 12.2. The van der Waals surface area contributed by atoms with Crippen LogP contribution >= 0.6 is 11.6 Å². The van der Waals surface area contributed by atoms with Crippen molar-refractivity contribution in [2.24, 2.45) is 0 Å². The van der Waals surface area contributed by atoms with E-state index in [0.717, 1.165) is 6.42 Å². The summed E-state index contributed by atoms with van der Waals surface area (Å²) in [6.07, 6.45) is 0.380. The number of Topliss-reactive ketones (excluding diaryl/α,β-unsaturated/α-hetero) is 1. The lowest BCUT2D eigenvalue weighted by atomic mass is 10.1. The van der Waals surface area contributed by atoms with Crippen LogP contribution in [0.4, 0.5) is 5.69 Å². The van der Waals surface area contributed by atoms with Crippen molar-refractivity contribution in [1.82, 2.24) is 0 Å². The van der Waals surface area contributed by atoms with Gasteiger partial charge in [0, 0.05) is 29.0 Å². The van der Waals surface area contributed by atoms with Crippen molar-refractivity contribution in [2.45, 2.75) is 25.6 Å². The summed E-state index contributed by atoms with van der Waals surface area (Å²) in [5, 5.41) is 13.2. The van der Waals surface area contributed by atoms with E-state index in [9.17, 15) is 14.7 Å². The highest BCUT2D eigenvalue weighted by Gasteiger charge is 2.19.